The highest BCUT2D eigenvalue weighted by molar-refractivity contribution is 6.37. The fourth-order valence-electron chi connectivity index (χ4n) is 3.61. The molecule has 0 saturated carbocycles. The van der Waals surface area contributed by atoms with Gasteiger partial charge in [-0.1, -0.05) is 53.0 Å². The number of nitrogens with zero attached hydrogens (tertiary/aromatic N) is 1. The maximum Gasteiger partial charge on any atom is 0.420 e. The lowest BCUT2D eigenvalue weighted by molar-refractivity contribution is -0.135. The van der Waals surface area contributed by atoms with Crippen LogP contribution in [0, 0.1) is 6.92 Å². The number of amides is 1. The number of halogens is 2. The number of carbonyl (C=O) groups excluding carboxylic acids is 2. The van der Waals surface area contributed by atoms with E-state index in [0.29, 0.717) is 5.56 Å². The number of phenolic OH excluding ortho intramolecular Hbond substituents is 2. The summed E-state index contributed by atoms with van der Waals surface area (Å²) in [5.41, 5.74) is 1.35. The third kappa shape index (κ3) is 6.63. The van der Waals surface area contributed by atoms with Crippen LogP contribution in [-0.4, -0.2) is 39.7 Å². The lowest BCUT2D eigenvalue weighted by Gasteiger charge is -2.22. The summed E-state index contributed by atoms with van der Waals surface area (Å²) >= 11 is 12.8. The molecule has 4 aromatic rings. The molecule has 9 nitrogen and oxygen atoms in total. The summed E-state index contributed by atoms with van der Waals surface area (Å²) < 4.78 is 11.0. The molecule has 204 valence electrons. The van der Waals surface area contributed by atoms with E-state index in [0.717, 1.165) is 10.5 Å². The normalized spacial score (nSPS) is 10.6. The van der Waals surface area contributed by atoms with Crippen LogP contribution in [0.15, 0.2) is 78.9 Å². The van der Waals surface area contributed by atoms with Gasteiger partial charge in [0.25, 0.3) is 0 Å². The van der Waals surface area contributed by atoms with Crippen LogP contribution in [0.25, 0.3) is 0 Å². The lowest BCUT2D eigenvalue weighted by Crippen LogP contribution is -2.37. The van der Waals surface area contributed by atoms with Gasteiger partial charge in [0.15, 0.2) is 11.5 Å². The number of carboxylic acid groups (broad SMARTS) is 1. The van der Waals surface area contributed by atoms with Gasteiger partial charge in [0.2, 0.25) is 0 Å². The number of aliphatic carboxylic acids is 1. The highest BCUT2D eigenvalue weighted by atomic mass is 35.5. The predicted octanol–water partition coefficient (Wildman–Crippen LogP) is 6.83. The molecule has 0 aromatic heterocycles. The van der Waals surface area contributed by atoms with E-state index >= 15 is 0 Å². The van der Waals surface area contributed by atoms with Gasteiger partial charge >= 0.3 is 12.1 Å². The van der Waals surface area contributed by atoms with Gasteiger partial charge in [-0.3, -0.25) is 14.5 Å². The van der Waals surface area contributed by atoms with Crippen LogP contribution in [0.1, 0.15) is 21.5 Å². The Morgan fingerprint density at radius 1 is 0.825 bits per heavy atom. The van der Waals surface area contributed by atoms with Gasteiger partial charge in [0.1, 0.15) is 29.5 Å². The number of ether oxygens (including phenoxy) is 2. The standard InChI is InChI=1S/C29H21Cl2NO8/c1-16-2-4-17(5-3-16)27(37)22-14-21(10-11-25(22)34)39-28-23(30)12-18(13-24(28)31)32(15-26(35)36)29(38)40-20-8-6-19(33)7-9-20/h2-14,33-34H,15H2,1H3,(H,35,36). The van der Waals surface area contributed by atoms with E-state index in [1.54, 1.807) is 24.3 Å². The smallest absolute Gasteiger partial charge is 0.420 e. The molecule has 0 aliphatic rings. The van der Waals surface area contributed by atoms with Gasteiger partial charge < -0.3 is 24.8 Å². The fourth-order valence-corrected chi connectivity index (χ4v) is 4.16. The lowest BCUT2D eigenvalue weighted by atomic mass is 10.0. The maximum absolute atomic E-state index is 13.0. The Hall–Kier alpha value is -4.73. The molecule has 0 spiro atoms. The van der Waals surface area contributed by atoms with Crippen LogP contribution < -0.4 is 14.4 Å². The summed E-state index contributed by atoms with van der Waals surface area (Å²) in [6.07, 6.45) is -1.04. The second kappa shape index (κ2) is 12.0. The van der Waals surface area contributed by atoms with Crippen molar-refractivity contribution in [1.29, 1.82) is 0 Å². The van der Waals surface area contributed by atoms with Gasteiger partial charge in [-0.15, -0.1) is 0 Å². The Morgan fingerprint density at radius 3 is 2.02 bits per heavy atom. The van der Waals surface area contributed by atoms with Gasteiger partial charge in [-0.2, -0.15) is 0 Å². The van der Waals surface area contributed by atoms with E-state index in [2.05, 4.69) is 0 Å². The molecule has 4 aromatic carbocycles. The topological polar surface area (TPSA) is 134 Å². The highest BCUT2D eigenvalue weighted by Gasteiger charge is 2.24. The second-order valence-electron chi connectivity index (χ2n) is 8.56. The third-order valence-electron chi connectivity index (χ3n) is 5.60. The second-order valence-corrected chi connectivity index (χ2v) is 9.37. The first kappa shape index (κ1) is 28.3. The minimum atomic E-state index is -1.33. The molecule has 0 aliphatic heterocycles. The van der Waals surface area contributed by atoms with Gasteiger partial charge in [-0.25, -0.2) is 4.79 Å². The minimum absolute atomic E-state index is 0.00479. The van der Waals surface area contributed by atoms with E-state index in [1.807, 2.05) is 6.92 Å². The average Bonchev–Trinajstić information content (AvgIpc) is 2.91. The SMILES string of the molecule is Cc1ccc(C(=O)c2cc(Oc3c(Cl)cc(N(CC(=O)O)C(=O)Oc4ccc(O)cc4)cc3Cl)ccc2O)cc1. The molecule has 0 heterocycles. The Balaban J connectivity index is 1.61. The van der Waals surface area contributed by atoms with Crippen molar-refractivity contribution in [2.24, 2.45) is 0 Å². The molecular formula is C29H21Cl2NO8. The van der Waals surface area contributed by atoms with E-state index < -0.39 is 24.4 Å². The summed E-state index contributed by atoms with van der Waals surface area (Å²) in [6, 6.07) is 18.7. The Kier molecular flexibility index (Phi) is 8.47. The van der Waals surface area contributed by atoms with Gasteiger partial charge in [0, 0.05) is 5.56 Å². The number of benzene rings is 4. The molecular weight excluding hydrogens is 561 g/mol. The summed E-state index contributed by atoms with van der Waals surface area (Å²) in [4.78, 5) is 38.0. The Morgan fingerprint density at radius 2 is 1.43 bits per heavy atom. The van der Waals surface area contributed by atoms with Gasteiger partial charge in [-0.05, 0) is 61.5 Å². The Bertz CT molecular complexity index is 1560. The highest BCUT2D eigenvalue weighted by Crippen LogP contribution is 2.41. The molecule has 0 bridgehead atoms. The first-order chi connectivity index (χ1) is 19.0. The van der Waals surface area contributed by atoms with Crippen molar-refractivity contribution < 1.29 is 39.2 Å². The molecule has 0 radical (unpaired) electrons. The number of hydrogen-bond donors (Lipinski definition) is 3. The van der Waals surface area contributed by atoms with Crippen molar-refractivity contribution in [3.8, 4) is 28.7 Å². The minimum Gasteiger partial charge on any atom is -0.508 e. The summed E-state index contributed by atoms with van der Waals surface area (Å²) in [5, 5.41) is 28.9. The average molecular weight is 582 g/mol. The molecule has 0 fully saturated rings. The van der Waals surface area contributed by atoms with E-state index in [1.165, 1.54) is 54.6 Å². The zero-order valence-electron chi connectivity index (χ0n) is 20.8. The molecule has 0 aliphatic carbocycles. The quantitative estimate of drug-likeness (QED) is 0.193. The zero-order valence-corrected chi connectivity index (χ0v) is 22.3. The van der Waals surface area contributed by atoms with Crippen molar-refractivity contribution in [2.75, 3.05) is 11.4 Å². The van der Waals surface area contributed by atoms with Crippen molar-refractivity contribution in [2.45, 2.75) is 6.92 Å². The van der Waals surface area contributed by atoms with Crippen LogP contribution in [0.4, 0.5) is 10.5 Å². The number of aryl methyl sites for hydroxylation is 1. The molecule has 0 saturated heterocycles. The van der Waals surface area contributed by atoms with E-state index in [9.17, 15) is 29.7 Å². The summed E-state index contributed by atoms with van der Waals surface area (Å²) in [5.74, 6) is -1.87. The first-order valence-corrected chi connectivity index (χ1v) is 12.4. The van der Waals surface area contributed by atoms with Crippen LogP contribution in [0.3, 0.4) is 0 Å². The molecule has 11 heteroatoms. The third-order valence-corrected chi connectivity index (χ3v) is 6.16. The number of ketones is 1. The number of carbonyl (C=O) groups is 3. The molecule has 4 rings (SSSR count). The maximum atomic E-state index is 13.0. The van der Waals surface area contributed by atoms with Crippen molar-refractivity contribution in [3.63, 3.8) is 0 Å². The van der Waals surface area contributed by atoms with E-state index in [-0.39, 0.29) is 50.0 Å². The van der Waals surface area contributed by atoms with Crippen molar-refractivity contribution in [3.05, 3.63) is 106 Å². The largest absolute Gasteiger partial charge is 0.508 e. The monoisotopic (exact) mass is 581 g/mol. The number of aromatic hydroxyl groups is 2. The predicted molar refractivity (Wildman–Crippen MR) is 148 cm³/mol. The number of carboxylic acids is 1. The zero-order chi connectivity index (χ0) is 29.0. The van der Waals surface area contributed by atoms with Crippen LogP contribution in [-0.2, 0) is 4.79 Å². The molecule has 1 amide bonds. The Labute approximate surface area is 238 Å². The molecule has 0 unspecified atom stereocenters. The van der Waals surface area contributed by atoms with Crippen molar-refractivity contribution >= 4 is 46.7 Å². The van der Waals surface area contributed by atoms with Crippen molar-refractivity contribution in [1.82, 2.24) is 0 Å². The number of rotatable bonds is 8. The molecule has 40 heavy (non-hydrogen) atoms. The fraction of sp³-hybridized carbons (Fsp3) is 0.0690. The number of anilines is 1. The molecule has 3 N–H and O–H groups in total. The molecule has 0 atom stereocenters. The van der Waals surface area contributed by atoms with E-state index in [4.69, 9.17) is 32.7 Å². The van der Waals surface area contributed by atoms with Gasteiger partial charge in [0.05, 0.1) is 21.3 Å². The number of hydrogen-bond acceptors (Lipinski definition) is 7. The first-order valence-electron chi connectivity index (χ1n) is 11.6. The van der Waals surface area contributed by atoms with Crippen LogP contribution in [0.2, 0.25) is 10.0 Å². The number of phenols is 2. The van der Waals surface area contributed by atoms with Crippen LogP contribution in [0.5, 0.6) is 28.7 Å². The summed E-state index contributed by atoms with van der Waals surface area (Å²) in [7, 11) is 0. The summed E-state index contributed by atoms with van der Waals surface area (Å²) in [6.45, 7) is 1.12. The van der Waals surface area contributed by atoms with Crippen LogP contribution >= 0.6 is 23.2 Å².